The first-order valence-electron chi connectivity index (χ1n) is 7.20. The number of anilines is 1. The third-order valence-electron chi connectivity index (χ3n) is 3.45. The van der Waals surface area contributed by atoms with Crippen molar-refractivity contribution < 1.29 is 9.53 Å². The second kappa shape index (κ2) is 6.98. The number of hydrogen-bond donors (Lipinski definition) is 1. The smallest absolute Gasteiger partial charge is 0.241 e. The molecule has 4 heteroatoms. The topological polar surface area (TPSA) is 55.6 Å². The Morgan fingerprint density at radius 2 is 2.10 bits per heavy atom. The van der Waals surface area contributed by atoms with E-state index >= 15 is 0 Å². The highest BCUT2D eigenvalue weighted by Gasteiger charge is 2.12. The highest BCUT2D eigenvalue weighted by Crippen LogP contribution is 2.28. The maximum atomic E-state index is 10.8. The van der Waals surface area contributed by atoms with Crippen LogP contribution in [0.3, 0.4) is 0 Å². The van der Waals surface area contributed by atoms with Crippen molar-refractivity contribution in [1.29, 1.82) is 0 Å². The summed E-state index contributed by atoms with van der Waals surface area (Å²) in [6, 6.07) is 6.11. The van der Waals surface area contributed by atoms with Crippen molar-refractivity contribution in [2.45, 2.75) is 26.2 Å². The minimum Gasteiger partial charge on any atom is -0.493 e. The molecular weight excluding hydrogens is 252 g/mol. The summed E-state index contributed by atoms with van der Waals surface area (Å²) in [5.74, 6) is 0.348. The minimum absolute atomic E-state index is 0.451. The number of piperidine rings is 1. The Bertz CT molecular complexity index is 491. The number of nitrogens with zero attached hydrogens (tertiary/aromatic N) is 1. The normalized spacial score (nSPS) is 15.6. The molecule has 0 radical (unpaired) electrons. The van der Waals surface area contributed by atoms with Gasteiger partial charge in [0.15, 0.2) is 0 Å². The van der Waals surface area contributed by atoms with Gasteiger partial charge in [0.2, 0.25) is 5.91 Å². The van der Waals surface area contributed by atoms with Gasteiger partial charge in [0.25, 0.3) is 0 Å². The predicted molar refractivity (Wildman–Crippen MR) is 81.9 cm³/mol. The number of hydrogen-bond acceptors (Lipinski definition) is 3. The summed E-state index contributed by atoms with van der Waals surface area (Å²) in [5.41, 5.74) is 7.20. The van der Waals surface area contributed by atoms with Gasteiger partial charge >= 0.3 is 0 Å². The predicted octanol–water partition coefficient (Wildman–Crippen LogP) is 2.57. The lowest BCUT2D eigenvalue weighted by Gasteiger charge is -2.29. The molecule has 1 heterocycles. The quantitative estimate of drug-likeness (QED) is 0.840. The van der Waals surface area contributed by atoms with E-state index in [1.165, 1.54) is 31.0 Å². The van der Waals surface area contributed by atoms with Gasteiger partial charge in [0.05, 0.1) is 6.61 Å². The van der Waals surface area contributed by atoms with E-state index < -0.39 is 5.91 Å². The average Bonchev–Trinajstić information content (AvgIpc) is 2.47. The van der Waals surface area contributed by atoms with Crippen LogP contribution in [-0.4, -0.2) is 25.6 Å². The van der Waals surface area contributed by atoms with E-state index in [-0.39, 0.29) is 0 Å². The van der Waals surface area contributed by atoms with Crippen LogP contribution in [0.2, 0.25) is 0 Å². The molecule has 0 bridgehead atoms. The van der Waals surface area contributed by atoms with Crippen LogP contribution in [0, 0.1) is 0 Å². The SMILES string of the molecule is CCOc1cc(N2CCCCC2)ccc1/C=C/C(N)=O. The van der Waals surface area contributed by atoms with Crippen LogP contribution in [0.4, 0.5) is 5.69 Å². The van der Waals surface area contributed by atoms with E-state index in [1.54, 1.807) is 6.08 Å². The van der Waals surface area contributed by atoms with Crippen LogP contribution in [0.15, 0.2) is 24.3 Å². The largest absolute Gasteiger partial charge is 0.493 e. The maximum Gasteiger partial charge on any atom is 0.241 e. The highest BCUT2D eigenvalue weighted by atomic mass is 16.5. The molecule has 1 aliphatic heterocycles. The lowest BCUT2D eigenvalue weighted by atomic mass is 10.1. The lowest BCUT2D eigenvalue weighted by molar-refractivity contribution is -0.113. The van der Waals surface area contributed by atoms with Crippen LogP contribution in [0.5, 0.6) is 5.75 Å². The van der Waals surface area contributed by atoms with Crippen LogP contribution in [-0.2, 0) is 4.79 Å². The fraction of sp³-hybridized carbons (Fsp3) is 0.438. The number of ether oxygens (including phenoxy) is 1. The fourth-order valence-corrected chi connectivity index (χ4v) is 2.46. The Hall–Kier alpha value is -1.97. The standard InChI is InChI=1S/C16H22N2O2/c1-2-20-15-12-14(18-10-4-3-5-11-18)8-6-13(15)7-9-16(17)19/h6-9,12H,2-5,10-11H2,1H3,(H2,17,19)/b9-7+. The molecule has 20 heavy (non-hydrogen) atoms. The number of nitrogens with two attached hydrogens (primary N) is 1. The zero-order chi connectivity index (χ0) is 14.4. The van der Waals surface area contributed by atoms with Gasteiger partial charge in [0, 0.05) is 36.5 Å². The summed E-state index contributed by atoms with van der Waals surface area (Å²) >= 11 is 0. The van der Waals surface area contributed by atoms with Crippen molar-refractivity contribution in [3.8, 4) is 5.75 Å². The molecule has 0 atom stereocenters. The number of amides is 1. The monoisotopic (exact) mass is 274 g/mol. The summed E-state index contributed by atoms with van der Waals surface area (Å²) in [4.78, 5) is 13.2. The van der Waals surface area contributed by atoms with Crippen molar-refractivity contribution in [3.63, 3.8) is 0 Å². The van der Waals surface area contributed by atoms with Crippen molar-refractivity contribution >= 4 is 17.7 Å². The summed E-state index contributed by atoms with van der Waals surface area (Å²) < 4.78 is 5.67. The summed E-state index contributed by atoms with van der Waals surface area (Å²) in [6.45, 7) is 4.75. The van der Waals surface area contributed by atoms with E-state index in [1.807, 2.05) is 13.0 Å². The maximum absolute atomic E-state index is 10.8. The van der Waals surface area contributed by atoms with E-state index in [2.05, 4.69) is 17.0 Å². The van der Waals surface area contributed by atoms with Crippen LogP contribution < -0.4 is 15.4 Å². The number of carbonyl (C=O) groups excluding carboxylic acids is 1. The molecule has 0 saturated carbocycles. The minimum atomic E-state index is -0.451. The van der Waals surface area contributed by atoms with E-state index in [0.717, 1.165) is 24.4 Å². The van der Waals surface area contributed by atoms with Gasteiger partial charge in [-0.1, -0.05) is 0 Å². The Morgan fingerprint density at radius 3 is 2.75 bits per heavy atom. The molecule has 1 aliphatic rings. The molecule has 2 rings (SSSR count). The molecule has 1 saturated heterocycles. The highest BCUT2D eigenvalue weighted by molar-refractivity contribution is 5.90. The lowest BCUT2D eigenvalue weighted by Crippen LogP contribution is -2.29. The summed E-state index contributed by atoms with van der Waals surface area (Å²) in [7, 11) is 0. The van der Waals surface area contributed by atoms with E-state index in [4.69, 9.17) is 10.5 Å². The zero-order valence-corrected chi connectivity index (χ0v) is 12.0. The van der Waals surface area contributed by atoms with Gasteiger partial charge in [-0.25, -0.2) is 0 Å². The molecule has 1 fully saturated rings. The number of benzene rings is 1. The first-order chi connectivity index (χ1) is 9.70. The second-order valence-electron chi connectivity index (χ2n) is 4.94. The molecule has 2 N–H and O–H groups in total. The van der Waals surface area contributed by atoms with Crippen molar-refractivity contribution in [2.24, 2.45) is 5.73 Å². The Balaban J connectivity index is 2.23. The summed E-state index contributed by atoms with van der Waals surface area (Å²) in [6.07, 6.45) is 6.86. The molecule has 108 valence electrons. The van der Waals surface area contributed by atoms with Crippen molar-refractivity contribution in [1.82, 2.24) is 0 Å². The van der Waals surface area contributed by atoms with Crippen LogP contribution in [0.25, 0.3) is 6.08 Å². The number of rotatable bonds is 5. The third kappa shape index (κ3) is 3.76. The molecule has 1 aromatic carbocycles. The van der Waals surface area contributed by atoms with Gasteiger partial charge < -0.3 is 15.4 Å². The average molecular weight is 274 g/mol. The Kier molecular flexibility index (Phi) is 5.04. The molecular formula is C16H22N2O2. The van der Waals surface area contributed by atoms with Gasteiger partial charge in [-0.05, 0) is 44.4 Å². The van der Waals surface area contributed by atoms with Gasteiger partial charge in [0.1, 0.15) is 5.75 Å². The van der Waals surface area contributed by atoms with Gasteiger partial charge in [-0.3, -0.25) is 4.79 Å². The zero-order valence-electron chi connectivity index (χ0n) is 12.0. The Morgan fingerprint density at radius 1 is 1.35 bits per heavy atom. The second-order valence-corrected chi connectivity index (χ2v) is 4.94. The van der Waals surface area contributed by atoms with E-state index in [9.17, 15) is 4.79 Å². The van der Waals surface area contributed by atoms with Gasteiger partial charge in [-0.2, -0.15) is 0 Å². The third-order valence-corrected chi connectivity index (χ3v) is 3.45. The molecule has 0 spiro atoms. The molecule has 4 nitrogen and oxygen atoms in total. The Labute approximate surface area is 120 Å². The summed E-state index contributed by atoms with van der Waals surface area (Å²) in [5, 5.41) is 0. The van der Waals surface area contributed by atoms with Crippen molar-refractivity contribution in [3.05, 3.63) is 29.8 Å². The van der Waals surface area contributed by atoms with Crippen LogP contribution in [0.1, 0.15) is 31.7 Å². The van der Waals surface area contributed by atoms with E-state index in [0.29, 0.717) is 6.61 Å². The number of primary amides is 1. The first kappa shape index (κ1) is 14.4. The first-order valence-corrected chi connectivity index (χ1v) is 7.20. The van der Waals surface area contributed by atoms with Gasteiger partial charge in [-0.15, -0.1) is 0 Å². The van der Waals surface area contributed by atoms with Crippen molar-refractivity contribution in [2.75, 3.05) is 24.6 Å². The molecule has 1 aromatic rings. The molecule has 0 aromatic heterocycles. The fourth-order valence-electron chi connectivity index (χ4n) is 2.46. The molecule has 0 unspecified atom stereocenters. The number of carbonyl (C=O) groups is 1. The molecule has 0 aliphatic carbocycles. The van der Waals surface area contributed by atoms with Crippen LogP contribution >= 0.6 is 0 Å². The molecule has 1 amide bonds.